The fourth-order valence-corrected chi connectivity index (χ4v) is 3.55. The van der Waals surface area contributed by atoms with Gasteiger partial charge in [-0.05, 0) is 46.1 Å². The lowest BCUT2D eigenvalue weighted by atomic mass is 10.0. The van der Waals surface area contributed by atoms with E-state index in [1.165, 1.54) is 23.5 Å². The predicted molar refractivity (Wildman–Crippen MR) is 82.1 cm³/mol. The highest BCUT2D eigenvalue weighted by atomic mass is 79.9. The van der Waals surface area contributed by atoms with Crippen molar-refractivity contribution in [1.29, 1.82) is 0 Å². The van der Waals surface area contributed by atoms with Crippen molar-refractivity contribution in [2.24, 2.45) is 5.73 Å². The maximum Gasteiger partial charge on any atom is 0.170 e. The summed E-state index contributed by atoms with van der Waals surface area (Å²) in [4.78, 5) is 8.56. The molecule has 0 aliphatic rings. The van der Waals surface area contributed by atoms with Crippen LogP contribution >= 0.6 is 27.3 Å². The highest BCUT2D eigenvalue weighted by molar-refractivity contribution is 9.10. The molecule has 0 amide bonds. The van der Waals surface area contributed by atoms with Gasteiger partial charge in [0, 0.05) is 10.5 Å². The van der Waals surface area contributed by atoms with Crippen LogP contribution in [0.15, 0.2) is 34.2 Å². The number of hydrogen-bond donors (Lipinski definition) is 1. The second-order valence-electron chi connectivity index (χ2n) is 4.62. The van der Waals surface area contributed by atoms with Crippen molar-refractivity contribution in [3.63, 3.8) is 0 Å². The molecular formula is C14H10BrF2N3S. The molecule has 108 valence electrons. The van der Waals surface area contributed by atoms with E-state index in [9.17, 15) is 8.78 Å². The molecule has 3 aromatic rings. The first-order valence-corrected chi connectivity index (χ1v) is 7.80. The number of halogens is 3. The maximum absolute atomic E-state index is 13.2. The van der Waals surface area contributed by atoms with Gasteiger partial charge < -0.3 is 5.73 Å². The number of pyridine rings is 1. The van der Waals surface area contributed by atoms with Crippen LogP contribution in [0.2, 0.25) is 0 Å². The van der Waals surface area contributed by atoms with Gasteiger partial charge in [-0.2, -0.15) is 0 Å². The van der Waals surface area contributed by atoms with Crippen molar-refractivity contribution in [3.8, 4) is 0 Å². The minimum Gasteiger partial charge on any atom is -0.322 e. The minimum atomic E-state index is -0.612. The molecular weight excluding hydrogens is 360 g/mol. The summed E-state index contributed by atoms with van der Waals surface area (Å²) in [5.41, 5.74) is 9.58. The van der Waals surface area contributed by atoms with Crippen LogP contribution in [0.25, 0.3) is 10.3 Å². The van der Waals surface area contributed by atoms with Crippen molar-refractivity contribution in [1.82, 2.24) is 9.97 Å². The number of thiazole rings is 1. The van der Waals surface area contributed by atoms with E-state index in [2.05, 4.69) is 25.9 Å². The summed E-state index contributed by atoms with van der Waals surface area (Å²) < 4.78 is 28.1. The molecule has 0 radical (unpaired) electrons. The van der Waals surface area contributed by atoms with E-state index < -0.39 is 17.7 Å². The van der Waals surface area contributed by atoms with Crippen LogP contribution in [0.4, 0.5) is 8.78 Å². The largest absolute Gasteiger partial charge is 0.322 e. The summed E-state index contributed by atoms with van der Waals surface area (Å²) in [5, 5.41) is 0. The number of aromatic nitrogens is 2. The zero-order valence-corrected chi connectivity index (χ0v) is 13.1. The molecule has 2 heterocycles. The monoisotopic (exact) mass is 369 g/mol. The van der Waals surface area contributed by atoms with Gasteiger partial charge in [-0.1, -0.05) is 0 Å². The lowest BCUT2D eigenvalue weighted by Crippen LogP contribution is -2.16. The van der Waals surface area contributed by atoms with Gasteiger partial charge in [0.2, 0.25) is 0 Å². The molecule has 0 bridgehead atoms. The van der Waals surface area contributed by atoms with Crippen LogP contribution in [0.3, 0.4) is 0 Å². The van der Waals surface area contributed by atoms with Gasteiger partial charge in [-0.15, -0.1) is 11.3 Å². The van der Waals surface area contributed by atoms with Crippen LogP contribution in [0.1, 0.15) is 17.3 Å². The van der Waals surface area contributed by atoms with E-state index in [-0.39, 0.29) is 6.42 Å². The second-order valence-corrected chi connectivity index (χ2v) is 6.36. The van der Waals surface area contributed by atoms with Crippen molar-refractivity contribution in [2.75, 3.05) is 0 Å². The fourth-order valence-electron chi connectivity index (χ4n) is 2.13. The van der Waals surface area contributed by atoms with E-state index in [1.807, 2.05) is 6.07 Å². The van der Waals surface area contributed by atoms with Gasteiger partial charge in [0.05, 0.1) is 21.9 Å². The fraction of sp³-hybridized carbons (Fsp3) is 0.143. The summed E-state index contributed by atoms with van der Waals surface area (Å²) in [6, 6.07) is 4.81. The third-order valence-electron chi connectivity index (χ3n) is 3.03. The Labute approximate surface area is 132 Å². The first kappa shape index (κ1) is 14.5. The molecule has 1 aromatic carbocycles. The Kier molecular flexibility index (Phi) is 3.97. The SMILES string of the molecule is NC(Cc1cc(F)cc(F)c1)c1nc2ncsc2cc1Br. The molecule has 0 saturated carbocycles. The molecule has 21 heavy (non-hydrogen) atoms. The Balaban J connectivity index is 1.92. The Hall–Kier alpha value is -1.44. The summed E-state index contributed by atoms with van der Waals surface area (Å²) in [7, 11) is 0. The number of nitrogens with zero attached hydrogens (tertiary/aromatic N) is 2. The van der Waals surface area contributed by atoms with Crippen molar-refractivity contribution in [2.45, 2.75) is 12.5 Å². The smallest absolute Gasteiger partial charge is 0.170 e. The van der Waals surface area contributed by atoms with Gasteiger partial charge in [0.15, 0.2) is 5.65 Å². The van der Waals surface area contributed by atoms with Crippen LogP contribution < -0.4 is 5.73 Å². The molecule has 3 rings (SSSR count). The van der Waals surface area contributed by atoms with Gasteiger partial charge in [-0.3, -0.25) is 0 Å². The first-order valence-electron chi connectivity index (χ1n) is 6.13. The summed E-state index contributed by atoms with van der Waals surface area (Å²) >= 11 is 4.92. The Morgan fingerprint density at radius 3 is 2.62 bits per heavy atom. The molecule has 3 nitrogen and oxygen atoms in total. The standard InChI is InChI=1S/C14H10BrF2N3S/c15-10-5-12-14(19-6-21-12)20-13(10)11(18)3-7-1-8(16)4-9(17)2-7/h1-2,4-6,11H,3,18H2. The third kappa shape index (κ3) is 3.09. The van der Waals surface area contributed by atoms with Gasteiger partial charge in [0.25, 0.3) is 0 Å². The second kappa shape index (κ2) is 5.75. The third-order valence-corrected chi connectivity index (χ3v) is 4.43. The Morgan fingerprint density at radius 1 is 1.19 bits per heavy atom. The lowest BCUT2D eigenvalue weighted by molar-refractivity contribution is 0.575. The number of fused-ring (bicyclic) bond motifs is 1. The number of nitrogens with two attached hydrogens (primary N) is 1. The summed E-state index contributed by atoms with van der Waals surface area (Å²) in [6.07, 6.45) is 0.288. The van der Waals surface area contributed by atoms with E-state index in [0.29, 0.717) is 16.9 Å². The molecule has 2 N–H and O–H groups in total. The highest BCUT2D eigenvalue weighted by Crippen LogP contribution is 2.28. The van der Waals surface area contributed by atoms with Crippen LogP contribution in [-0.4, -0.2) is 9.97 Å². The van der Waals surface area contributed by atoms with Gasteiger partial charge in [0.1, 0.15) is 11.6 Å². The zero-order valence-electron chi connectivity index (χ0n) is 10.7. The predicted octanol–water partition coefficient (Wildman–Crippen LogP) is 3.97. The van der Waals surface area contributed by atoms with Crippen LogP contribution in [0, 0.1) is 11.6 Å². The lowest BCUT2D eigenvalue weighted by Gasteiger charge is -2.13. The zero-order chi connectivity index (χ0) is 15.0. The average molecular weight is 370 g/mol. The maximum atomic E-state index is 13.2. The first-order chi connectivity index (χ1) is 10.0. The molecule has 0 fully saturated rings. The molecule has 7 heteroatoms. The van der Waals surface area contributed by atoms with Crippen molar-refractivity contribution in [3.05, 3.63) is 57.1 Å². The quantitative estimate of drug-likeness (QED) is 0.759. The average Bonchev–Trinajstić information content (AvgIpc) is 2.83. The number of rotatable bonds is 3. The molecule has 0 aliphatic heterocycles. The van der Waals surface area contributed by atoms with E-state index in [4.69, 9.17) is 5.73 Å². The van der Waals surface area contributed by atoms with Crippen LogP contribution in [-0.2, 0) is 6.42 Å². The van der Waals surface area contributed by atoms with Crippen LogP contribution in [0.5, 0.6) is 0 Å². The number of benzene rings is 1. The molecule has 2 aromatic heterocycles. The van der Waals surface area contributed by atoms with Gasteiger partial charge >= 0.3 is 0 Å². The van der Waals surface area contributed by atoms with E-state index >= 15 is 0 Å². The topological polar surface area (TPSA) is 51.8 Å². The summed E-state index contributed by atoms with van der Waals surface area (Å²) in [6.45, 7) is 0. The molecule has 0 aliphatic carbocycles. The molecule has 0 spiro atoms. The summed E-state index contributed by atoms with van der Waals surface area (Å²) in [5.74, 6) is -1.22. The Morgan fingerprint density at radius 2 is 1.90 bits per heavy atom. The van der Waals surface area contributed by atoms with Gasteiger partial charge in [-0.25, -0.2) is 18.7 Å². The van der Waals surface area contributed by atoms with Crippen molar-refractivity contribution >= 4 is 37.6 Å². The molecule has 0 saturated heterocycles. The number of hydrogen-bond acceptors (Lipinski definition) is 4. The molecule has 1 atom stereocenters. The van der Waals surface area contributed by atoms with E-state index in [1.54, 1.807) is 5.51 Å². The highest BCUT2D eigenvalue weighted by Gasteiger charge is 2.15. The van der Waals surface area contributed by atoms with E-state index in [0.717, 1.165) is 15.2 Å². The Bertz CT molecular complexity index is 786. The normalized spacial score (nSPS) is 12.8. The molecule has 1 unspecified atom stereocenters. The van der Waals surface area contributed by atoms with Crippen molar-refractivity contribution < 1.29 is 8.78 Å². The minimum absolute atomic E-state index is 0.288.